The smallest absolute Gasteiger partial charge is 0.337 e. The van der Waals surface area contributed by atoms with Crippen molar-refractivity contribution in [3.63, 3.8) is 0 Å². The van der Waals surface area contributed by atoms with Crippen molar-refractivity contribution < 1.29 is 43.9 Å². The second kappa shape index (κ2) is 11.1. The van der Waals surface area contributed by atoms with Gasteiger partial charge in [-0.1, -0.05) is 17.9 Å². The number of carbonyl (C=O) groups is 2. The predicted octanol–water partition coefficient (Wildman–Crippen LogP) is 1.21. The molecule has 1 fully saturated rings. The van der Waals surface area contributed by atoms with Gasteiger partial charge in [-0.3, -0.25) is 0 Å². The predicted molar refractivity (Wildman–Crippen MR) is 119 cm³/mol. The van der Waals surface area contributed by atoms with Crippen molar-refractivity contribution in [3.05, 3.63) is 64.2 Å². The van der Waals surface area contributed by atoms with Gasteiger partial charge in [-0.2, -0.15) is 0 Å². The molecule has 2 aromatic carbocycles. The first-order valence-corrected chi connectivity index (χ1v) is 10.4. The third-order valence-corrected chi connectivity index (χ3v) is 5.42. The van der Waals surface area contributed by atoms with E-state index in [0.29, 0.717) is 22.4 Å². The standard InChI is InChI=1S/C25H26O9/c1-31-21-7-6-16(23-22(28)20(27)12-19(13-26)34-23)10-15(21)5-4-14-8-17(24(29)32-2)11-18(9-14)25(30)33-3/h6-11,19-20,22-23,26-28H,12-13H2,1-3H3. The lowest BCUT2D eigenvalue weighted by molar-refractivity contribution is -0.179. The fourth-order valence-corrected chi connectivity index (χ4v) is 3.66. The van der Waals surface area contributed by atoms with Crippen molar-refractivity contribution >= 4 is 11.9 Å². The maximum atomic E-state index is 12.0. The first-order valence-electron chi connectivity index (χ1n) is 10.4. The minimum absolute atomic E-state index is 0.121. The van der Waals surface area contributed by atoms with Crippen LogP contribution in [0.4, 0.5) is 0 Å². The molecule has 0 saturated carbocycles. The van der Waals surface area contributed by atoms with Crippen LogP contribution < -0.4 is 4.74 Å². The Balaban J connectivity index is 2.02. The number of aliphatic hydroxyl groups excluding tert-OH is 3. The summed E-state index contributed by atoms with van der Waals surface area (Å²) in [7, 11) is 3.94. The molecule has 180 valence electrons. The van der Waals surface area contributed by atoms with Gasteiger partial charge in [0.25, 0.3) is 0 Å². The van der Waals surface area contributed by atoms with Gasteiger partial charge in [-0.15, -0.1) is 0 Å². The van der Waals surface area contributed by atoms with E-state index in [1.165, 1.54) is 39.5 Å². The largest absolute Gasteiger partial charge is 0.495 e. The van der Waals surface area contributed by atoms with Crippen LogP contribution in [0.3, 0.4) is 0 Å². The number of aliphatic hydroxyl groups is 3. The summed E-state index contributed by atoms with van der Waals surface area (Å²) >= 11 is 0. The van der Waals surface area contributed by atoms with E-state index in [4.69, 9.17) is 18.9 Å². The van der Waals surface area contributed by atoms with Gasteiger partial charge >= 0.3 is 11.9 Å². The lowest BCUT2D eigenvalue weighted by Crippen LogP contribution is -2.44. The summed E-state index contributed by atoms with van der Waals surface area (Å²) in [5, 5.41) is 30.0. The number of esters is 2. The van der Waals surface area contributed by atoms with Crippen LogP contribution in [0.25, 0.3) is 0 Å². The Bertz CT molecular complexity index is 1080. The molecule has 1 aliphatic heterocycles. The van der Waals surface area contributed by atoms with Crippen LogP contribution in [-0.4, -0.2) is 73.5 Å². The van der Waals surface area contributed by atoms with Crippen molar-refractivity contribution in [1.29, 1.82) is 0 Å². The van der Waals surface area contributed by atoms with E-state index in [1.54, 1.807) is 18.2 Å². The first-order chi connectivity index (χ1) is 16.3. The van der Waals surface area contributed by atoms with Crippen LogP contribution in [-0.2, 0) is 14.2 Å². The first kappa shape index (κ1) is 25.2. The van der Waals surface area contributed by atoms with Gasteiger partial charge in [-0.05, 0) is 35.9 Å². The molecule has 0 amide bonds. The molecule has 0 aromatic heterocycles. The summed E-state index contributed by atoms with van der Waals surface area (Å²) in [5.41, 5.74) is 1.62. The molecule has 0 spiro atoms. The average Bonchev–Trinajstić information content (AvgIpc) is 2.87. The van der Waals surface area contributed by atoms with Crippen molar-refractivity contribution in [2.75, 3.05) is 27.9 Å². The summed E-state index contributed by atoms with van der Waals surface area (Å²) in [6.07, 6.45) is -3.60. The van der Waals surface area contributed by atoms with Crippen molar-refractivity contribution in [3.8, 4) is 17.6 Å². The lowest BCUT2D eigenvalue weighted by Gasteiger charge is -2.36. The molecule has 0 bridgehead atoms. The van der Waals surface area contributed by atoms with Crippen LogP contribution in [0, 0.1) is 11.8 Å². The Hall–Kier alpha value is -3.42. The van der Waals surface area contributed by atoms with Gasteiger partial charge in [0.15, 0.2) is 0 Å². The minimum atomic E-state index is -1.18. The van der Waals surface area contributed by atoms with E-state index >= 15 is 0 Å². The van der Waals surface area contributed by atoms with Crippen LogP contribution in [0.15, 0.2) is 36.4 Å². The highest BCUT2D eigenvalue weighted by Gasteiger charge is 2.37. The summed E-state index contributed by atoms with van der Waals surface area (Å²) in [6.45, 7) is -0.290. The zero-order valence-electron chi connectivity index (χ0n) is 19.0. The van der Waals surface area contributed by atoms with E-state index in [9.17, 15) is 24.9 Å². The highest BCUT2D eigenvalue weighted by molar-refractivity contribution is 5.96. The Labute approximate surface area is 196 Å². The van der Waals surface area contributed by atoms with Gasteiger partial charge in [0.05, 0.1) is 56.8 Å². The molecule has 0 radical (unpaired) electrons. The number of hydrogen-bond acceptors (Lipinski definition) is 9. The van der Waals surface area contributed by atoms with E-state index in [-0.39, 0.29) is 24.2 Å². The number of rotatable bonds is 5. The van der Waals surface area contributed by atoms with Gasteiger partial charge in [0.2, 0.25) is 0 Å². The molecular formula is C25H26O9. The zero-order valence-corrected chi connectivity index (χ0v) is 19.0. The minimum Gasteiger partial charge on any atom is -0.495 e. The summed E-state index contributed by atoms with van der Waals surface area (Å²) in [5.74, 6) is 5.04. The Morgan fingerprint density at radius 2 is 1.65 bits per heavy atom. The molecule has 1 heterocycles. The molecule has 4 unspecified atom stereocenters. The molecule has 0 aliphatic carbocycles. The topological polar surface area (TPSA) is 132 Å². The highest BCUT2D eigenvalue weighted by atomic mass is 16.5. The highest BCUT2D eigenvalue weighted by Crippen LogP contribution is 2.34. The number of carbonyl (C=O) groups excluding carboxylic acids is 2. The van der Waals surface area contributed by atoms with Crippen LogP contribution in [0.5, 0.6) is 5.75 Å². The quantitative estimate of drug-likeness (QED) is 0.436. The van der Waals surface area contributed by atoms with E-state index in [0.717, 1.165) is 0 Å². The molecule has 9 nitrogen and oxygen atoms in total. The molecule has 1 saturated heterocycles. The van der Waals surface area contributed by atoms with Gasteiger partial charge in [0, 0.05) is 12.0 Å². The van der Waals surface area contributed by atoms with E-state index < -0.39 is 36.4 Å². The summed E-state index contributed by atoms with van der Waals surface area (Å²) < 4.78 is 20.6. The maximum Gasteiger partial charge on any atom is 0.337 e. The van der Waals surface area contributed by atoms with Crippen molar-refractivity contribution in [2.24, 2.45) is 0 Å². The van der Waals surface area contributed by atoms with Gasteiger partial charge < -0.3 is 34.3 Å². The van der Waals surface area contributed by atoms with Gasteiger partial charge in [0.1, 0.15) is 18.0 Å². The fourth-order valence-electron chi connectivity index (χ4n) is 3.66. The van der Waals surface area contributed by atoms with E-state index in [1.807, 2.05) is 0 Å². The number of benzene rings is 2. The zero-order chi connectivity index (χ0) is 24.8. The Kier molecular flexibility index (Phi) is 8.26. The third-order valence-electron chi connectivity index (χ3n) is 5.42. The van der Waals surface area contributed by atoms with Crippen LogP contribution in [0.1, 0.15) is 49.9 Å². The molecule has 3 rings (SSSR count). The molecule has 4 atom stereocenters. The Morgan fingerprint density at radius 3 is 2.21 bits per heavy atom. The van der Waals surface area contributed by atoms with Crippen LogP contribution >= 0.6 is 0 Å². The SMILES string of the molecule is COC(=O)c1cc(C#Cc2cc(C3OC(CO)CC(O)C3O)ccc2OC)cc(C(=O)OC)c1. The maximum absolute atomic E-state index is 12.0. The normalized spacial score (nSPS) is 21.7. The molecule has 2 aromatic rings. The Morgan fingerprint density at radius 1 is 1.00 bits per heavy atom. The number of ether oxygens (including phenoxy) is 4. The second-order valence-electron chi connectivity index (χ2n) is 7.65. The molecule has 1 aliphatic rings. The molecule has 9 heteroatoms. The molecular weight excluding hydrogens is 444 g/mol. The van der Waals surface area contributed by atoms with Crippen LogP contribution in [0.2, 0.25) is 0 Å². The number of hydrogen-bond donors (Lipinski definition) is 3. The lowest BCUT2D eigenvalue weighted by atomic mass is 9.92. The van der Waals surface area contributed by atoms with E-state index in [2.05, 4.69) is 11.8 Å². The second-order valence-corrected chi connectivity index (χ2v) is 7.65. The third kappa shape index (κ3) is 5.55. The van der Waals surface area contributed by atoms with Gasteiger partial charge in [-0.25, -0.2) is 9.59 Å². The number of methoxy groups -OCH3 is 3. The fraction of sp³-hybridized carbons (Fsp3) is 0.360. The summed E-state index contributed by atoms with van der Waals surface area (Å²) in [4.78, 5) is 24.0. The average molecular weight is 470 g/mol. The van der Waals surface area contributed by atoms with Crippen molar-refractivity contribution in [2.45, 2.75) is 30.8 Å². The molecule has 34 heavy (non-hydrogen) atoms. The monoisotopic (exact) mass is 470 g/mol. The summed E-state index contributed by atoms with van der Waals surface area (Å²) in [6, 6.07) is 9.30. The van der Waals surface area contributed by atoms with Crippen molar-refractivity contribution in [1.82, 2.24) is 0 Å². The molecule has 3 N–H and O–H groups in total.